The number of ether oxygens (including phenoxy) is 2. The third kappa shape index (κ3) is 2.64. The lowest BCUT2D eigenvalue weighted by Gasteiger charge is -2.27. The van der Waals surface area contributed by atoms with E-state index in [2.05, 4.69) is 15.9 Å². The van der Waals surface area contributed by atoms with Crippen LogP contribution in [-0.2, 0) is 5.60 Å². The summed E-state index contributed by atoms with van der Waals surface area (Å²) < 4.78 is 11.4. The minimum absolute atomic E-state index is 0.644. The highest BCUT2D eigenvalue weighted by Gasteiger charge is 2.35. The Hall–Kier alpha value is -0.740. The Morgan fingerprint density at radius 3 is 2.50 bits per heavy atom. The van der Waals surface area contributed by atoms with Crippen molar-refractivity contribution in [2.75, 3.05) is 14.2 Å². The van der Waals surface area contributed by atoms with Crippen molar-refractivity contribution in [3.63, 3.8) is 0 Å². The van der Waals surface area contributed by atoms with Gasteiger partial charge in [-0.05, 0) is 47.3 Å². The molecule has 1 aromatic rings. The second kappa shape index (κ2) is 5.10. The van der Waals surface area contributed by atoms with E-state index in [-0.39, 0.29) is 0 Å². The molecule has 1 saturated carbocycles. The summed E-state index contributed by atoms with van der Waals surface area (Å²) in [5.74, 6) is 2.00. The third-order valence-electron chi connectivity index (χ3n) is 3.45. The molecule has 100 valence electrons. The summed E-state index contributed by atoms with van der Waals surface area (Å²) in [6, 6.07) is 3.73. The zero-order valence-electron chi connectivity index (χ0n) is 11.0. The molecule has 18 heavy (non-hydrogen) atoms. The van der Waals surface area contributed by atoms with Gasteiger partial charge in [0.1, 0.15) is 16.0 Å². The summed E-state index contributed by atoms with van der Waals surface area (Å²) >= 11 is 3.47. The summed E-state index contributed by atoms with van der Waals surface area (Å²) in [6.07, 6.45) is 3.22. The minimum Gasteiger partial charge on any atom is -0.495 e. The van der Waals surface area contributed by atoms with Crippen LogP contribution in [0.5, 0.6) is 11.5 Å². The van der Waals surface area contributed by atoms with Gasteiger partial charge in [-0.25, -0.2) is 0 Å². The zero-order valence-corrected chi connectivity index (χ0v) is 12.6. The molecule has 0 heterocycles. The van der Waals surface area contributed by atoms with E-state index in [1.165, 1.54) is 12.8 Å². The fourth-order valence-electron chi connectivity index (χ4n) is 2.31. The Morgan fingerprint density at radius 2 is 2.00 bits per heavy atom. The summed E-state index contributed by atoms with van der Waals surface area (Å²) in [5.41, 5.74) is -0.0500. The molecule has 0 amide bonds. The topological polar surface area (TPSA) is 38.7 Å². The molecular formula is C14H19BrO3. The van der Waals surface area contributed by atoms with Crippen LogP contribution in [0.1, 0.15) is 31.7 Å². The van der Waals surface area contributed by atoms with Gasteiger partial charge in [-0.15, -0.1) is 0 Å². The number of hydrogen-bond acceptors (Lipinski definition) is 3. The predicted octanol–water partition coefficient (Wildman–Crippen LogP) is 3.47. The zero-order chi connectivity index (χ0) is 13.3. The van der Waals surface area contributed by atoms with Crippen molar-refractivity contribution >= 4 is 15.9 Å². The van der Waals surface area contributed by atoms with Gasteiger partial charge >= 0.3 is 0 Å². The van der Waals surface area contributed by atoms with E-state index >= 15 is 0 Å². The quantitative estimate of drug-likeness (QED) is 0.904. The molecule has 1 aliphatic carbocycles. The fraction of sp³-hybridized carbons (Fsp3) is 0.571. The van der Waals surface area contributed by atoms with Gasteiger partial charge in [0.05, 0.1) is 19.8 Å². The predicted molar refractivity (Wildman–Crippen MR) is 74.2 cm³/mol. The number of methoxy groups -OCH3 is 2. The highest BCUT2D eigenvalue weighted by molar-refractivity contribution is 9.10. The minimum atomic E-state index is -0.860. The fourth-order valence-corrected chi connectivity index (χ4v) is 2.98. The maximum Gasteiger partial charge on any atom is 0.142 e. The number of halogens is 1. The van der Waals surface area contributed by atoms with E-state index in [0.29, 0.717) is 17.4 Å². The Bertz CT molecular complexity index is 439. The van der Waals surface area contributed by atoms with E-state index in [0.717, 1.165) is 16.5 Å². The average molecular weight is 315 g/mol. The van der Waals surface area contributed by atoms with E-state index in [1.54, 1.807) is 14.2 Å². The van der Waals surface area contributed by atoms with Crippen molar-refractivity contribution in [3.8, 4) is 11.5 Å². The molecule has 0 spiro atoms. The van der Waals surface area contributed by atoms with Crippen LogP contribution in [0.4, 0.5) is 0 Å². The first kappa shape index (κ1) is 13.7. The largest absolute Gasteiger partial charge is 0.495 e. The van der Waals surface area contributed by atoms with E-state index in [9.17, 15) is 5.11 Å². The Balaban J connectivity index is 2.39. The third-order valence-corrected chi connectivity index (χ3v) is 4.20. The van der Waals surface area contributed by atoms with E-state index in [1.807, 2.05) is 19.1 Å². The van der Waals surface area contributed by atoms with Crippen molar-refractivity contribution < 1.29 is 14.6 Å². The van der Waals surface area contributed by atoms with E-state index < -0.39 is 5.60 Å². The van der Waals surface area contributed by atoms with Crippen LogP contribution in [0.3, 0.4) is 0 Å². The van der Waals surface area contributed by atoms with Crippen LogP contribution in [0.25, 0.3) is 0 Å². The molecule has 4 heteroatoms. The first-order valence-electron chi connectivity index (χ1n) is 6.13. The van der Waals surface area contributed by atoms with Crippen LogP contribution in [-0.4, -0.2) is 19.3 Å². The van der Waals surface area contributed by atoms with Crippen molar-refractivity contribution in [1.29, 1.82) is 0 Å². The molecule has 0 radical (unpaired) electrons. The van der Waals surface area contributed by atoms with Gasteiger partial charge < -0.3 is 14.6 Å². The lowest BCUT2D eigenvalue weighted by molar-refractivity contribution is 0.0391. The lowest BCUT2D eigenvalue weighted by Crippen LogP contribution is -2.23. The van der Waals surface area contributed by atoms with Crippen LogP contribution in [0, 0.1) is 5.92 Å². The van der Waals surface area contributed by atoms with Crippen molar-refractivity contribution in [3.05, 3.63) is 22.2 Å². The first-order chi connectivity index (χ1) is 8.49. The van der Waals surface area contributed by atoms with Gasteiger partial charge in [0, 0.05) is 5.56 Å². The Kier molecular flexibility index (Phi) is 3.87. The molecule has 1 unspecified atom stereocenters. The van der Waals surface area contributed by atoms with E-state index in [4.69, 9.17) is 9.47 Å². The normalized spacial score (nSPS) is 18.3. The Labute approximate surface area is 116 Å². The standard InChI is InChI=1S/C14H19BrO3/c1-14(16,8-9-4-5-9)10-6-7-11(17-2)12(15)13(10)18-3/h6-7,9,16H,4-5,8H2,1-3H3. The highest BCUT2D eigenvalue weighted by atomic mass is 79.9. The molecule has 0 aromatic heterocycles. The molecule has 0 bridgehead atoms. The van der Waals surface area contributed by atoms with Gasteiger partial charge in [0.25, 0.3) is 0 Å². The summed E-state index contributed by atoms with van der Waals surface area (Å²) in [7, 11) is 3.22. The van der Waals surface area contributed by atoms with Gasteiger partial charge in [0.15, 0.2) is 0 Å². The van der Waals surface area contributed by atoms with Crippen LogP contribution in [0.15, 0.2) is 16.6 Å². The second-order valence-corrected chi connectivity index (χ2v) is 5.88. The SMILES string of the molecule is COc1ccc(C(C)(O)CC2CC2)c(OC)c1Br. The number of rotatable bonds is 5. The maximum absolute atomic E-state index is 10.7. The molecular weight excluding hydrogens is 296 g/mol. The highest BCUT2D eigenvalue weighted by Crippen LogP contribution is 2.46. The van der Waals surface area contributed by atoms with Gasteiger partial charge in [-0.3, -0.25) is 0 Å². The number of hydrogen-bond donors (Lipinski definition) is 1. The molecule has 3 nitrogen and oxygen atoms in total. The number of benzene rings is 1. The summed E-state index contributed by atoms with van der Waals surface area (Å²) in [4.78, 5) is 0. The monoisotopic (exact) mass is 314 g/mol. The van der Waals surface area contributed by atoms with Gasteiger partial charge in [-0.2, -0.15) is 0 Å². The van der Waals surface area contributed by atoms with Crippen LogP contribution in [0.2, 0.25) is 0 Å². The molecule has 1 fully saturated rings. The summed E-state index contributed by atoms with van der Waals surface area (Å²) in [6.45, 7) is 1.85. The summed E-state index contributed by atoms with van der Waals surface area (Å²) in [5, 5.41) is 10.7. The molecule has 1 aliphatic rings. The van der Waals surface area contributed by atoms with Crippen molar-refractivity contribution in [2.24, 2.45) is 5.92 Å². The first-order valence-corrected chi connectivity index (χ1v) is 6.92. The maximum atomic E-state index is 10.7. The Morgan fingerprint density at radius 1 is 1.33 bits per heavy atom. The smallest absolute Gasteiger partial charge is 0.142 e. The molecule has 1 N–H and O–H groups in total. The molecule has 1 aromatic carbocycles. The molecule has 0 aliphatic heterocycles. The van der Waals surface area contributed by atoms with Crippen LogP contribution >= 0.6 is 15.9 Å². The second-order valence-electron chi connectivity index (χ2n) is 5.08. The van der Waals surface area contributed by atoms with Crippen molar-refractivity contribution in [2.45, 2.75) is 31.8 Å². The van der Waals surface area contributed by atoms with Gasteiger partial charge in [-0.1, -0.05) is 12.8 Å². The lowest BCUT2D eigenvalue weighted by atomic mass is 9.89. The molecule has 2 rings (SSSR count). The molecule has 1 atom stereocenters. The number of aliphatic hydroxyl groups is 1. The van der Waals surface area contributed by atoms with Gasteiger partial charge in [0.2, 0.25) is 0 Å². The van der Waals surface area contributed by atoms with Crippen LogP contribution < -0.4 is 9.47 Å². The average Bonchev–Trinajstić information content (AvgIpc) is 3.11. The molecule has 0 saturated heterocycles. The van der Waals surface area contributed by atoms with Crippen molar-refractivity contribution in [1.82, 2.24) is 0 Å².